The van der Waals surface area contributed by atoms with Crippen LogP contribution in [0.2, 0.25) is 0 Å². The number of hydrogen-bond acceptors (Lipinski definition) is 6. The number of likely N-dealkylation sites (tertiary alicyclic amines) is 1. The van der Waals surface area contributed by atoms with Gasteiger partial charge in [-0.15, -0.1) is 0 Å². The van der Waals surface area contributed by atoms with E-state index in [0.29, 0.717) is 48.7 Å². The molecular formula is C29H32N2O6. The highest BCUT2D eigenvalue weighted by atomic mass is 16.5. The molecule has 2 saturated heterocycles. The number of hydrogen-bond donors (Lipinski definition) is 1. The Kier molecular flexibility index (Phi) is 6.77. The fraction of sp³-hybridized carbons (Fsp3) is 0.414. The minimum absolute atomic E-state index is 0.0885. The number of nitrogens with zero attached hydrogens (tertiary/aromatic N) is 2. The number of aliphatic hydroxyl groups is 1. The molecule has 0 aliphatic carbocycles. The molecule has 3 aliphatic heterocycles. The highest BCUT2D eigenvalue weighted by Crippen LogP contribution is 2.53. The molecule has 37 heavy (non-hydrogen) atoms. The van der Waals surface area contributed by atoms with Gasteiger partial charge in [-0.3, -0.25) is 14.4 Å². The van der Waals surface area contributed by atoms with Gasteiger partial charge in [0, 0.05) is 30.8 Å². The Labute approximate surface area is 216 Å². The van der Waals surface area contributed by atoms with Crippen molar-refractivity contribution in [1.82, 2.24) is 4.90 Å². The number of ether oxygens (including phenoxy) is 2. The van der Waals surface area contributed by atoms with E-state index in [-0.39, 0.29) is 24.0 Å². The number of carbonyl (C=O) groups is 3. The summed E-state index contributed by atoms with van der Waals surface area (Å²) in [5.74, 6) is -1.83. The summed E-state index contributed by atoms with van der Waals surface area (Å²) in [6.45, 7) is 5.61. The van der Waals surface area contributed by atoms with Crippen molar-refractivity contribution in [1.29, 1.82) is 0 Å². The van der Waals surface area contributed by atoms with Gasteiger partial charge in [-0.05, 0) is 56.0 Å². The monoisotopic (exact) mass is 504 g/mol. The maximum atomic E-state index is 14.3. The zero-order valence-electron chi connectivity index (χ0n) is 21.2. The number of ketones is 1. The lowest BCUT2D eigenvalue weighted by Gasteiger charge is -2.35. The number of anilines is 1. The van der Waals surface area contributed by atoms with Crippen molar-refractivity contribution in [3.63, 3.8) is 0 Å². The van der Waals surface area contributed by atoms with Gasteiger partial charge in [0.1, 0.15) is 11.5 Å². The number of benzene rings is 2. The third-order valence-corrected chi connectivity index (χ3v) is 7.27. The highest BCUT2D eigenvalue weighted by molar-refractivity contribution is 6.50. The van der Waals surface area contributed by atoms with Gasteiger partial charge in [0.25, 0.3) is 17.6 Å². The van der Waals surface area contributed by atoms with E-state index in [1.165, 1.54) is 4.90 Å². The van der Waals surface area contributed by atoms with Gasteiger partial charge in [0.05, 0.1) is 24.0 Å². The van der Waals surface area contributed by atoms with Crippen molar-refractivity contribution in [2.75, 3.05) is 31.2 Å². The van der Waals surface area contributed by atoms with Gasteiger partial charge in [-0.25, -0.2) is 0 Å². The number of amides is 2. The summed E-state index contributed by atoms with van der Waals surface area (Å²) in [4.78, 5) is 44.5. The molecular weight excluding hydrogens is 472 g/mol. The fourth-order valence-corrected chi connectivity index (χ4v) is 5.63. The smallest absolute Gasteiger partial charge is 0.296 e. The lowest BCUT2D eigenvalue weighted by atomic mass is 9.81. The van der Waals surface area contributed by atoms with Crippen molar-refractivity contribution in [2.24, 2.45) is 0 Å². The second-order valence-corrected chi connectivity index (χ2v) is 9.66. The van der Waals surface area contributed by atoms with Crippen LogP contribution < -0.4 is 9.64 Å². The normalized spacial score (nSPS) is 24.4. The van der Waals surface area contributed by atoms with Crippen LogP contribution in [0.15, 0.2) is 54.1 Å². The Balaban J connectivity index is 1.71. The summed E-state index contributed by atoms with van der Waals surface area (Å²) in [5, 5.41) is 11.6. The number of aliphatic hydroxyl groups excluding tert-OH is 1. The molecule has 2 aromatic rings. The van der Waals surface area contributed by atoms with Gasteiger partial charge < -0.3 is 24.4 Å². The molecule has 0 aromatic heterocycles. The van der Waals surface area contributed by atoms with Crippen LogP contribution in [-0.2, 0) is 24.7 Å². The first-order valence-electron chi connectivity index (χ1n) is 13.0. The lowest BCUT2D eigenvalue weighted by molar-refractivity contribution is -0.145. The van der Waals surface area contributed by atoms with Crippen LogP contribution >= 0.6 is 0 Å². The Hall–Kier alpha value is -3.65. The van der Waals surface area contributed by atoms with E-state index in [2.05, 4.69) is 0 Å². The van der Waals surface area contributed by atoms with Crippen molar-refractivity contribution in [2.45, 2.75) is 51.2 Å². The fourth-order valence-electron chi connectivity index (χ4n) is 5.63. The largest absolute Gasteiger partial charge is 0.507 e. The number of carbonyl (C=O) groups excluding carboxylic acids is 3. The van der Waals surface area contributed by atoms with Crippen molar-refractivity contribution < 1.29 is 29.0 Å². The molecule has 0 radical (unpaired) electrons. The Morgan fingerprint density at radius 3 is 2.51 bits per heavy atom. The van der Waals surface area contributed by atoms with E-state index >= 15 is 0 Å². The summed E-state index contributed by atoms with van der Waals surface area (Å²) in [5.41, 5.74) is -0.461. The average Bonchev–Trinajstić information content (AvgIpc) is 3.57. The Morgan fingerprint density at radius 2 is 1.84 bits per heavy atom. The Bertz CT molecular complexity index is 1250. The maximum Gasteiger partial charge on any atom is 0.296 e. The molecule has 3 heterocycles. The average molecular weight is 505 g/mol. The number of para-hydroxylation sites is 1. The summed E-state index contributed by atoms with van der Waals surface area (Å²) in [6, 6.07) is 13.9. The van der Waals surface area contributed by atoms with Crippen LogP contribution in [-0.4, -0.2) is 60.0 Å². The van der Waals surface area contributed by atoms with Crippen LogP contribution in [0.3, 0.4) is 0 Å². The van der Waals surface area contributed by atoms with E-state index < -0.39 is 23.1 Å². The van der Waals surface area contributed by atoms with Crippen LogP contribution in [0.4, 0.5) is 5.69 Å². The zero-order valence-corrected chi connectivity index (χ0v) is 21.2. The van der Waals surface area contributed by atoms with Crippen LogP contribution in [0.25, 0.3) is 5.76 Å². The molecule has 0 bridgehead atoms. The standard InChI is InChI=1S/C29H32N2O6/c1-3-15-30-23-10-6-5-9-22(23)29(28(30)35)24(25(32)19-11-13-20(14-12-19)36-16-4-2)26(33)27(34)31(29)18-21-8-7-17-37-21/h5-6,9-14,21,32H,3-4,7-8,15-18H2,1-2H3/b25-24-. The van der Waals surface area contributed by atoms with Gasteiger partial charge in [-0.1, -0.05) is 32.0 Å². The van der Waals surface area contributed by atoms with E-state index in [4.69, 9.17) is 9.47 Å². The summed E-state index contributed by atoms with van der Waals surface area (Å²) in [6.07, 6.45) is 2.83. The second kappa shape index (κ2) is 10.0. The van der Waals surface area contributed by atoms with Crippen molar-refractivity contribution in [3.05, 3.63) is 65.2 Å². The lowest BCUT2D eigenvalue weighted by Crippen LogP contribution is -2.53. The van der Waals surface area contributed by atoms with Crippen LogP contribution in [0.1, 0.15) is 50.7 Å². The number of Topliss-reactive ketones (excluding diaryl/α,β-unsaturated/α-hetero) is 1. The van der Waals surface area contributed by atoms with Gasteiger partial charge in [-0.2, -0.15) is 0 Å². The highest BCUT2D eigenvalue weighted by Gasteiger charge is 2.67. The summed E-state index contributed by atoms with van der Waals surface area (Å²) < 4.78 is 11.4. The molecule has 2 aromatic carbocycles. The summed E-state index contributed by atoms with van der Waals surface area (Å²) >= 11 is 0. The molecule has 8 heteroatoms. The summed E-state index contributed by atoms with van der Waals surface area (Å²) in [7, 11) is 0. The molecule has 1 spiro atoms. The minimum atomic E-state index is -1.76. The number of rotatable bonds is 8. The van der Waals surface area contributed by atoms with Gasteiger partial charge in [0.2, 0.25) is 0 Å². The maximum absolute atomic E-state index is 14.3. The van der Waals surface area contributed by atoms with Crippen molar-refractivity contribution >= 4 is 29.0 Å². The topological polar surface area (TPSA) is 96.4 Å². The molecule has 5 rings (SSSR count). The van der Waals surface area contributed by atoms with Crippen LogP contribution in [0, 0.1) is 0 Å². The molecule has 1 N–H and O–H groups in total. The number of fused-ring (bicyclic) bond motifs is 2. The third kappa shape index (κ3) is 3.91. The molecule has 8 nitrogen and oxygen atoms in total. The molecule has 2 fully saturated rings. The molecule has 2 amide bonds. The quantitative estimate of drug-likeness (QED) is 0.332. The molecule has 0 saturated carbocycles. The predicted octanol–water partition coefficient (Wildman–Crippen LogP) is 3.99. The van der Waals surface area contributed by atoms with E-state index in [1.54, 1.807) is 41.3 Å². The van der Waals surface area contributed by atoms with E-state index in [9.17, 15) is 19.5 Å². The van der Waals surface area contributed by atoms with Gasteiger partial charge >= 0.3 is 0 Å². The van der Waals surface area contributed by atoms with E-state index in [0.717, 1.165) is 19.3 Å². The Morgan fingerprint density at radius 1 is 1.08 bits per heavy atom. The van der Waals surface area contributed by atoms with Crippen LogP contribution in [0.5, 0.6) is 5.75 Å². The predicted molar refractivity (Wildman–Crippen MR) is 138 cm³/mol. The third-order valence-electron chi connectivity index (χ3n) is 7.27. The van der Waals surface area contributed by atoms with E-state index in [1.807, 2.05) is 26.0 Å². The molecule has 2 atom stereocenters. The zero-order chi connectivity index (χ0) is 26.2. The first kappa shape index (κ1) is 25.0. The first-order chi connectivity index (χ1) is 17.9. The minimum Gasteiger partial charge on any atom is -0.507 e. The molecule has 3 aliphatic rings. The SMILES string of the molecule is CCCOc1ccc(/C(O)=C2\C(=O)C(=O)N(CC3CCCO3)C23C(=O)N(CCC)c2ccccc23)cc1. The first-order valence-corrected chi connectivity index (χ1v) is 13.0. The molecule has 194 valence electrons. The molecule has 2 unspecified atom stereocenters. The second-order valence-electron chi connectivity index (χ2n) is 9.66. The van der Waals surface area contributed by atoms with Gasteiger partial charge in [0.15, 0.2) is 5.54 Å². The van der Waals surface area contributed by atoms with Crippen molar-refractivity contribution in [3.8, 4) is 5.75 Å².